The molecule has 1 heterocycles. The van der Waals surface area contributed by atoms with Crippen LogP contribution < -0.4 is 0 Å². The van der Waals surface area contributed by atoms with E-state index in [1.54, 1.807) is 12.1 Å². The number of aliphatic hydroxyl groups is 1. The molecule has 0 amide bonds. The summed E-state index contributed by atoms with van der Waals surface area (Å²) in [6.45, 7) is 2.59. The van der Waals surface area contributed by atoms with Crippen LogP contribution in [0.3, 0.4) is 0 Å². The number of hydrogen-bond donors (Lipinski definition) is 1. The maximum atomic E-state index is 12.5. The fraction of sp³-hybridized carbons (Fsp3) is 0.462. The molecule has 0 aliphatic carbocycles. The van der Waals surface area contributed by atoms with Gasteiger partial charge in [-0.1, -0.05) is 19.1 Å². The van der Waals surface area contributed by atoms with E-state index >= 15 is 0 Å². The predicted octanol–water partition coefficient (Wildman–Crippen LogP) is 0.807. The number of nitriles is 1. The molecule has 0 saturated carbocycles. The second kappa shape index (κ2) is 5.29. The molecule has 1 saturated heterocycles. The summed E-state index contributed by atoms with van der Waals surface area (Å²) in [5.74, 6) is 0.0815. The molecule has 102 valence electrons. The van der Waals surface area contributed by atoms with Gasteiger partial charge in [-0.05, 0) is 24.0 Å². The minimum atomic E-state index is -3.66. The lowest BCUT2D eigenvalue weighted by atomic mass is 10.00. The first-order chi connectivity index (χ1) is 9.00. The first-order valence-corrected chi connectivity index (χ1v) is 7.55. The molecule has 0 unspecified atom stereocenters. The van der Waals surface area contributed by atoms with Crippen LogP contribution in [0.5, 0.6) is 0 Å². The lowest BCUT2D eigenvalue weighted by Crippen LogP contribution is -2.30. The van der Waals surface area contributed by atoms with Gasteiger partial charge in [0.15, 0.2) is 0 Å². The number of sulfonamides is 1. The minimum absolute atomic E-state index is 0.0208. The normalized spacial score (nSPS) is 24.3. The van der Waals surface area contributed by atoms with Gasteiger partial charge in [0.05, 0.1) is 10.5 Å². The second-order valence-electron chi connectivity index (χ2n) is 4.85. The van der Waals surface area contributed by atoms with Gasteiger partial charge in [0.25, 0.3) is 0 Å². The highest BCUT2D eigenvalue weighted by molar-refractivity contribution is 7.89. The Morgan fingerprint density at radius 1 is 1.42 bits per heavy atom. The van der Waals surface area contributed by atoms with E-state index in [9.17, 15) is 13.5 Å². The molecule has 1 aliphatic rings. The van der Waals surface area contributed by atoms with Gasteiger partial charge in [0, 0.05) is 19.7 Å². The third kappa shape index (κ3) is 2.50. The predicted molar refractivity (Wildman–Crippen MR) is 69.7 cm³/mol. The standard InChI is InChI=1S/C13H16N2O3S/c1-10-7-15(8-12(10)9-16)19(17,18)13-5-3-2-4-11(13)6-14/h2-5,10,12,16H,7-9H2,1H3/t10-,12+/m1/s1. The number of hydrogen-bond acceptors (Lipinski definition) is 4. The van der Waals surface area contributed by atoms with Gasteiger partial charge in [-0.25, -0.2) is 8.42 Å². The molecule has 6 heteroatoms. The maximum Gasteiger partial charge on any atom is 0.244 e. The van der Waals surface area contributed by atoms with Crippen LogP contribution in [-0.4, -0.2) is 37.5 Å². The number of benzene rings is 1. The monoisotopic (exact) mass is 280 g/mol. The molecule has 1 aromatic carbocycles. The summed E-state index contributed by atoms with van der Waals surface area (Å²) in [5, 5.41) is 18.2. The summed E-state index contributed by atoms with van der Waals surface area (Å²) in [6.07, 6.45) is 0. The molecule has 5 nitrogen and oxygen atoms in total. The van der Waals surface area contributed by atoms with Crippen molar-refractivity contribution in [1.29, 1.82) is 5.26 Å². The molecule has 2 rings (SSSR count). The summed E-state index contributed by atoms with van der Waals surface area (Å²) in [5.41, 5.74) is 0.155. The number of aliphatic hydroxyl groups excluding tert-OH is 1. The van der Waals surface area contributed by atoms with Gasteiger partial charge >= 0.3 is 0 Å². The summed E-state index contributed by atoms with van der Waals surface area (Å²) >= 11 is 0. The van der Waals surface area contributed by atoms with Crippen molar-refractivity contribution in [2.24, 2.45) is 11.8 Å². The maximum absolute atomic E-state index is 12.5. The Labute approximate surface area is 113 Å². The van der Waals surface area contributed by atoms with Crippen molar-refractivity contribution in [2.45, 2.75) is 11.8 Å². The van der Waals surface area contributed by atoms with Crippen molar-refractivity contribution < 1.29 is 13.5 Å². The first kappa shape index (κ1) is 14.0. The third-order valence-corrected chi connectivity index (χ3v) is 5.48. The van der Waals surface area contributed by atoms with Crippen LogP contribution in [0, 0.1) is 23.2 Å². The molecular formula is C13H16N2O3S. The van der Waals surface area contributed by atoms with Crippen molar-refractivity contribution in [3.63, 3.8) is 0 Å². The van der Waals surface area contributed by atoms with Crippen molar-refractivity contribution in [1.82, 2.24) is 4.31 Å². The molecule has 0 bridgehead atoms. The van der Waals surface area contributed by atoms with Crippen LogP contribution in [0.4, 0.5) is 0 Å². The summed E-state index contributed by atoms with van der Waals surface area (Å²) in [4.78, 5) is 0.0447. The van der Waals surface area contributed by atoms with E-state index in [1.165, 1.54) is 16.4 Å². The second-order valence-corrected chi connectivity index (χ2v) is 6.76. The minimum Gasteiger partial charge on any atom is -0.396 e. The Morgan fingerprint density at radius 3 is 2.68 bits per heavy atom. The van der Waals surface area contributed by atoms with Gasteiger partial charge < -0.3 is 5.11 Å². The number of nitrogens with zero attached hydrogens (tertiary/aromatic N) is 2. The van der Waals surface area contributed by atoms with Crippen LogP contribution >= 0.6 is 0 Å². The van der Waals surface area contributed by atoms with E-state index in [0.717, 1.165) is 0 Å². The Hall–Kier alpha value is -1.42. The molecule has 1 aliphatic heterocycles. The average Bonchev–Trinajstić information content (AvgIpc) is 2.80. The van der Waals surface area contributed by atoms with E-state index in [1.807, 2.05) is 13.0 Å². The molecule has 1 fully saturated rings. The van der Waals surface area contributed by atoms with Crippen LogP contribution in [0.15, 0.2) is 29.2 Å². The Morgan fingerprint density at radius 2 is 2.11 bits per heavy atom. The quantitative estimate of drug-likeness (QED) is 0.888. The molecule has 0 aromatic heterocycles. The Balaban J connectivity index is 2.37. The fourth-order valence-corrected chi connectivity index (χ4v) is 4.08. The van der Waals surface area contributed by atoms with E-state index < -0.39 is 10.0 Å². The smallest absolute Gasteiger partial charge is 0.244 e. The van der Waals surface area contributed by atoms with Gasteiger partial charge in [-0.15, -0.1) is 0 Å². The largest absolute Gasteiger partial charge is 0.396 e. The number of rotatable bonds is 3. The Kier molecular flexibility index (Phi) is 3.90. The van der Waals surface area contributed by atoms with Crippen molar-refractivity contribution in [2.75, 3.05) is 19.7 Å². The lowest BCUT2D eigenvalue weighted by molar-refractivity contribution is 0.210. The van der Waals surface area contributed by atoms with E-state index in [2.05, 4.69) is 0 Å². The first-order valence-electron chi connectivity index (χ1n) is 6.11. The van der Waals surface area contributed by atoms with Crippen LogP contribution in [-0.2, 0) is 10.0 Å². The van der Waals surface area contributed by atoms with Crippen LogP contribution in [0.1, 0.15) is 12.5 Å². The lowest BCUT2D eigenvalue weighted by Gasteiger charge is -2.17. The van der Waals surface area contributed by atoms with Gasteiger partial charge in [0.2, 0.25) is 10.0 Å². The van der Waals surface area contributed by atoms with Crippen molar-refractivity contribution in [3.8, 4) is 6.07 Å². The zero-order chi connectivity index (χ0) is 14.0. The molecule has 1 aromatic rings. The van der Waals surface area contributed by atoms with Gasteiger partial charge in [-0.3, -0.25) is 0 Å². The fourth-order valence-electron chi connectivity index (χ4n) is 2.34. The van der Waals surface area contributed by atoms with Crippen LogP contribution in [0.2, 0.25) is 0 Å². The van der Waals surface area contributed by atoms with E-state index in [-0.39, 0.29) is 28.9 Å². The van der Waals surface area contributed by atoms with Crippen molar-refractivity contribution >= 4 is 10.0 Å². The molecule has 19 heavy (non-hydrogen) atoms. The summed E-state index contributed by atoms with van der Waals surface area (Å²) < 4.78 is 26.4. The van der Waals surface area contributed by atoms with Crippen LogP contribution in [0.25, 0.3) is 0 Å². The zero-order valence-electron chi connectivity index (χ0n) is 10.7. The Bertz CT molecular complexity index is 607. The summed E-state index contributed by atoms with van der Waals surface area (Å²) in [7, 11) is -3.66. The van der Waals surface area contributed by atoms with E-state index in [4.69, 9.17) is 5.26 Å². The van der Waals surface area contributed by atoms with Gasteiger partial charge in [0.1, 0.15) is 6.07 Å². The third-order valence-electron chi connectivity index (χ3n) is 3.59. The zero-order valence-corrected chi connectivity index (χ0v) is 11.5. The molecule has 2 atom stereocenters. The SMILES string of the molecule is C[C@@H]1CN(S(=O)(=O)c2ccccc2C#N)C[C@H]1CO. The van der Waals surface area contributed by atoms with Crippen molar-refractivity contribution in [3.05, 3.63) is 29.8 Å². The molecular weight excluding hydrogens is 264 g/mol. The molecule has 1 N–H and O–H groups in total. The van der Waals surface area contributed by atoms with E-state index in [0.29, 0.717) is 13.1 Å². The molecule has 0 spiro atoms. The highest BCUT2D eigenvalue weighted by atomic mass is 32.2. The topological polar surface area (TPSA) is 81.4 Å². The highest BCUT2D eigenvalue weighted by Gasteiger charge is 2.37. The summed E-state index contributed by atoms with van der Waals surface area (Å²) in [6, 6.07) is 8.10. The average molecular weight is 280 g/mol. The highest BCUT2D eigenvalue weighted by Crippen LogP contribution is 2.29. The molecule has 0 radical (unpaired) electrons. The van der Waals surface area contributed by atoms with Gasteiger partial charge in [-0.2, -0.15) is 9.57 Å².